The molecule has 0 aliphatic heterocycles. The molecule has 0 aliphatic carbocycles. The third kappa shape index (κ3) is 4.12. The average Bonchev–Trinajstić information content (AvgIpc) is 3.03. The summed E-state index contributed by atoms with van der Waals surface area (Å²) in [5.74, 6) is -0.197. The van der Waals surface area contributed by atoms with Crippen LogP contribution in [-0.4, -0.2) is 21.2 Å². The first kappa shape index (κ1) is 19.8. The van der Waals surface area contributed by atoms with Gasteiger partial charge in [-0.15, -0.1) is 0 Å². The van der Waals surface area contributed by atoms with Crippen molar-refractivity contribution in [2.75, 3.05) is 0 Å². The molecule has 3 rings (SSSR count). The predicted octanol–water partition coefficient (Wildman–Crippen LogP) is 3.31. The Morgan fingerprint density at radius 1 is 1.18 bits per heavy atom. The molecule has 146 valence electrons. The van der Waals surface area contributed by atoms with Crippen LogP contribution in [-0.2, 0) is 16.9 Å². The third-order valence-corrected chi connectivity index (χ3v) is 4.86. The number of amides is 1. The molecule has 0 fully saturated rings. The Hall–Kier alpha value is -2.99. The molecule has 1 aromatic heterocycles. The summed E-state index contributed by atoms with van der Waals surface area (Å²) in [6.07, 6.45) is 1.60. The van der Waals surface area contributed by atoms with Crippen LogP contribution in [0.3, 0.4) is 0 Å². The van der Waals surface area contributed by atoms with Crippen molar-refractivity contribution in [3.63, 3.8) is 0 Å². The highest BCUT2D eigenvalue weighted by atomic mass is 16.2. The molecule has 0 radical (unpaired) electrons. The van der Waals surface area contributed by atoms with Gasteiger partial charge in [0, 0.05) is 11.1 Å². The van der Waals surface area contributed by atoms with Gasteiger partial charge >= 0.3 is 0 Å². The van der Waals surface area contributed by atoms with Crippen LogP contribution in [0.4, 0.5) is 0 Å². The fourth-order valence-electron chi connectivity index (χ4n) is 3.26. The molecule has 0 spiro atoms. The lowest BCUT2D eigenvalue weighted by Crippen LogP contribution is -2.30. The zero-order valence-electron chi connectivity index (χ0n) is 16.7. The van der Waals surface area contributed by atoms with Gasteiger partial charge in [-0.2, -0.15) is 0 Å². The Morgan fingerprint density at radius 2 is 1.86 bits per heavy atom. The lowest BCUT2D eigenvalue weighted by Gasteiger charge is -2.21. The fourth-order valence-corrected chi connectivity index (χ4v) is 3.26. The van der Waals surface area contributed by atoms with Crippen molar-refractivity contribution in [3.05, 3.63) is 65.5 Å². The monoisotopic (exact) mass is 378 g/mol. The molecule has 6 nitrogen and oxygen atoms in total. The topological polar surface area (TPSA) is 90.0 Å². The summed E-state index contributed by atoms with van der Waals surface area (Å²) in [4.78, 5) is 28.8. The number of imidazole rings is 1. The Labute approximate surface area is 164 Å². The van der Waals surface area contributed by atoms with Crippen LogP contribution in [0.1, 0.15) is 55.2 Å². The summed E-state index contributed by atoms with van der Waals surface area (Å²) in [5.41, 5.74) is 9.71. The van der Waals surface area contributed by atoms with E-state index >= 15 is 0 Å². The number of ketones is 1. The summed E-state index contributed by atoms with van der Waals surface area (Å²) in [5, 5.41) is 3.00. The predicted molar refractivity (Wildman–Crippen MR) is 110 cm³/mol. The number of hydrogen-bond acceptors (Lipinski definition) is 4. The van der Waals surface area contributed by atoms with Crippen LogP contribution < -0.4 is 11.1 Å². The van der Waals surface area contributed by atoms with Crippen LogP contribution >= 0.6 is 0 Å². The molecular formula is C22H26N4O2. The van der Waals surface area contributed by atoms with E-state index in [1.165, 1.54) is 6.92 Å². The van der Waals surface area contributed by atoms with Crippen molar-refractivity contribution in [1.29, 1.82) is 0 Å². The van der Waals surface area contributed by atoms with Gasteiger partial charge in [0.2, 0.25) is 5.91 Å². The Balaban J connectivity index is 1.74. The van der Waals surface area contributed by atoms with Crippen molar-refractivity contribution >= 4 is 22.7 Å². The maximum Gasteiger partial charge on any atom is 0.240 e. The summed E-state index contributed by atoms with van der Waals surface area (Å²) in [6.45, 7) is 7.46. The number of nitrogens with zero attached hydrogens (tertiary/aromatic N) is 2. The normalized spacial score (nSPS) is 12.8. The van der Waals surface area contributed by atoms with Crippen molar-refractivity contribution in [2.24, 2.45) is 5.73 Å². The molecule has 0 bridgehead atoms. The number of rotatable bonds is 6. The number of hydrogen-bond donors (Lipinski definition) is 2. The zero-order valence-corrected chi connectivity index (χ0v) is 16.7. The van der Waals surface area contributed by atoms with Crippen LogP contribution in [0.5, 0.6) is 0 Å². The maximum atomic E-state index is 12.6. The van der Waals surface area contributed by atoms with Gasteiger partial charge in [0.05, 0.1) is 23.4 Å². The van der Waals surface area contributed by atoms with Crippen LogP contribution in [0.2, 0.25) is 0 Å². The minimum absolute atomic E-state index is 0.0518. The van der Waals surface area contributed by atoms with Crippen molar-refractivity contribution in [1.82, 2.24) is 14.9 Å². The first-order valence-electron chi connectivity index (χ1n) is 9.30. The van der Waals surface area contributed by atoms with Gasteiger partial charge in [0.15, 0.2) is 5.78 Å². The molecule has 0 aliphatic rings. The minimum Gasteiger partial charge on any atom is -0.348 e. The number of para-hydroxylation sites is 1. The molecule has 0 saturated heterocycles. The molecule has 0 saturated carbocycles. The smallest absolute Gasteiger partial charge is 0.240 e. The molecule has 3 aromatic rings. The molecule has 2 aromatic carbocycles. The summed E-state index contributed by atoms with van der Waals surface area (Å²) < 4.78 is 1.72. The number of benzene rings is 2. The SMILES string of the molecule is CC(=O)c1cccc2ncn(CC(=O)NC(C)c3ccc(C(C)(C)N)cc3)c12. The van der Waals surface area contributed by atoms with Gasteiger partial charge in [-0.1, -0.05) is 30.3 Å². The van der Waals surface area contributed by atoms with Gasteiger partial charge < -0.3 is 15.6 Å². The second-order valence-electron chi connectivity index (χ2n) is 7.73. The zero-order chi connectivity index (χ0) is 20.5. The summed E-state index contributed by atoms with van der Waals surface area (Å²) >= 11 is 0. The lowest BCUT2D eigenvalue weighted by molar-refractivity contribution is -0.122. The van der Waals surface area contributed by atoms with E-state index in [2.05, 4.69) is 10.3 Å². The summed E-state index contributed by atoms with van der Waals surface area (Å²) in [6, 6.07) is 13.2. The second kappa shape index (κ2) is 7.56. The Morgan fingerprint density at radius 3 is 2.46 bits per heavy atom. The minimum atomic E-state index is -0.401. The average molecular weight is 378 g/mol. The first-order chi connectivity index (χ1) is 13.2. The standard InChI is InChI=1S/C22H26N4O2/c1-14(16-8-10-17(11-9-16)22(3,4)23)25-20(28)12-26-13-24-19-7-5-6-18(15(2)27)21(19)26/h5-11,13-14H,12,23H2,1-4H3,(H,25,28). The molecule has 1 amide bonds. The fraction of sp³-hybridized carbons (Fsp3) is 0.318. The molecule has 1 heterocycles. The highest BCUT2D eigenvalue weighted by Gasteiger charge is 2.17. The Kier molecular flexibility index (Phi) is 5.34. The van der Waals surface area contributed by atoms with Crippen molar-refractivity contribution in [3.8, 4) is 0 Å². The number of aromatic nitrogens is 2. The van der Waals surface area contributed by atoms with Gasteiger partial charge in [-0.25, -0.2) is 4.98 Å². The molecule has 1 unspecified atom stereocenters. The van der Waals surface area contributed by atoms with E-state index in [-0.39, 0.29) is 24.3 Å². The lowest BCUT2D eigenvalue weighted by atomic mass is 9.94. The molecule has 6 heteroatoms. The van der Waals surface area contributed by atoms with Crippen molar-refractivity contribution in [2.45, 2.75) is 45.8 Å². The quantitative estimate of drug-likeness (QED) is 0.644. The van der Waals surface area contributed by atoms with Crippen LogP contribution in [0, 0.1) is 0 Å². The van der Waals surface area contributed by atoms with E-state index < -0.39 is 5.54 Å². The first-order valence-corrected chi connectivity index (χ1v) is 9.30. The van der Waals surface area contributed by atoms with E-state index in [1.54, 1.807) is 23.0 Å². The number of nitrogens with one attached hydrogen (secondary N) is 1. The highest BCUT2D eigenvalue weighted by Crippen LogP contribution is 2.21. The van der Waals surface area contributed by atoms with E-state index in [1.807, 2.05) is 51.1 Å². The molecule has 1 atom stereocenters. The molecule has 28 heavy (non-hydrogen) atoms. The van der Waals surface area contributed by atoms with Gasteiger partial charge in [-0.05, 0) is 51.0 Å². The van der Waals surface area contributed by atoms with Gasteiger partial charge in [-0.3, -0.25) is 9.59 Å². The maximum absolute atomic E-state index is 12.6. The number of nitrogens with two attached hydrogens (primary N) is 1. The Bertz CT molecular complexity index is 1010. The van der Waals surface area contributed by atoms with Crippen LogP contribution in [0.25, 0.3) is 11.0 Å². The van der Waals surface area contributed by atoms with E-state index in [9.17, 15) is 9.59 Å². The van der Waals surface area contributed by atoms with Gasteiger partial charge in [0.25, 0.3) is 0 Å². The highest BCUT2D eigenvalue weighted by molar-refractivity contribution is 6.05. The van der Waals surface area contributed by atoms with E-state index in [4.69, 9.17) is 5.73 Å². The number of carbonyl (C=O) groups excluding carboxylic acids is 2. The number of carbonyl (C=O) groups is 2. The largest absolute Gasteiger partial charge is 0.348 e. The molecule has 3 N–H and O–H groups in total. The van der Waals surface area contributed by atoms with Crippen LogP contribution in [0.15, 0.2) is 48.8 Å². The molecular weight excluding hydrogens is 352 g/mol. The number of fused-ring (bicyclic) bond motifs is 1. The number of Topliss-reactive ketones (excluding diaryl/α,β-unsaturated/α-hetero) is 1. The van der Waals surface area contributed by atoms with Crippen molar-refractivity contribution < 1.29 is 9.59 Å². The third-order valence-electron chi connectivity index (χ3n) is 4.86. The van der Waals surface area contributed by atoms with Gasteiger partial charge in [0.1, 0.15) is 6.54 Å². The summed E-state index contributed by atoms with van der Waals surface area (Å²) in [7, 11) is 0. The van der Waals surface area contributed by atoms with E-state index in [0.29, 0.717) is 16.6 Å². The second-order valence-corrected chi connectivity index (χ2v) is 7.73. The van der Waals surface area contributed by atoms with E-state index in [0.717, 1.165) is 11.1 Å².